The van der Waals surface area contributed by atoms with Gasteiger partial charge in [0.25, 0.3) is 5.91 Å². The number of ether oxygens (including phenoxy) is 1. The maximum absolute atomic E-state index is 11.8. The summed E-state index contributed by atoms with van der Waals surface area (Å²) in [6.07, 6.45) is 1.25. The summed E-state index contributed by atoms with van der Waals surface area (Å²) in [6.45, 7) is 1.52. The van der Waals surface area contributed by atoms with Crippen LogP contribution in [-0.4, -0.2) is 30.5 Å². The first-order valence-electron chi connectivity index (χ1n) is 6.64. The van der Waals surface area contributed by atoms with Gasteiger partial charge in [0.05, 0.1) is 11.6 Å². The minimum atomic E-state index is -0.766. The van der Waals surface area contributed by atoms with Crippen LogP contribution in [0.3, 0.4) is 0 Å². The quantitative estimate of drug-likeness (QED) is 0.839. The third kappa shape index (κ3) is 5.10. The van der Waals surface area contributed by atoms with Crippen molar-refractivity contribution < 1.29 is 14.3 Å². The van der Waals surface area contributed by atoms with E-state index >= 15 is 0 Å². The zero-order valence-corrected chi connectivity index (χ0v) is 13.0. The second-order valence-corrected chi connectivity index (χ2v) is 5.74. The Kier molecular flexibility index (Phi) is 5.31. The molecule has 2 amide bonds. The summed E-state index contributed by atoms with van der Waals surface area (Å²) in [5.74, 6) is -0.208. The van der Waals surface area contributed by atoms with Crippen LogP contribution >= 0.6 is 23.2 Å². The highest BCUT2D eigenvalue weighted by Gasteiger charge is 2.23. The molecule has 1 aliphatic carbocycles. The highest BCUT2D eigenvalue weighted by molar-refractivity contribution is 6.35. The summed E-state index contributed by atoms with van der Waals surface area (Å²) in [5, 5.41) is 6.12. The Labute approximate surface area is 132 Å². The molecule has 5 nitrogen and oxygen atoms in total. The molecule has 0 aromatic heterocycles. The fourth-order valence-electron chi connectivity index (χ4n) is 1.63. The molecule has 114 valence electrons. The smallest absolute Gasteiger partial charge is 0.261 e. The van der Waals surface area contributed by atoms with Crippen molar-refractivity contribution in [3.05, 3.63) is 28.2 Å². The number of hydrogen-bond donors (Lipinski definition) is 2. The van der Waals surface area contributed by atoms with Gasteiger partial charge in [-0.1, -0.05) is 23.2 Å². The van der Waals surface area contributed by atoms with E-state index < -0.39 is 6.10 Å². The summed E-state index contributed by atoms with van der Waals surface area (Å²) >= 11 is 11.7. The molecule has 0 heterocycles. The largest absolute Gasteiger partial charge is 0.479 e. The van der Waals surface area contributed by atoms with Crippen LogP contribution in [0.25, 0.3) is 0 Å². The van der Waals surface area contributed by atoms with E-state index in [0.29, 0.717) is 15.8 Å². The number of carbonyl (C=O) groups excluding carboxylic acids is 2. The SMILES string of the molecule is CC(Oc1ccc(Cl)cc1Cl)C(=O)NCC(=O)NC1CC1. The molecule has 1 aromatic carbocycles. The average molecular weight is 331 g/mol. The normalized spacial score (nSPS) is 15.2. The molecular weight excluding hydrogens is 315 g/mol. The summed E-state index contributed by atoms with van der Waals surface area (Å²) in [7, 11) is 0. The van der Waals surface area contributed by atoms with Crippen LogP contribution < -0.4 is 15.4 Å². The van der Waals surface area contributed by atoms with E-state index in [0.717, 1.165) is 12.8 Å². The number of rotatable bonds is 6. The average Bonchev–Trinajstić information content (AvgIpc) is 3.23. The Balaban J connectivity index is 1.79. The molecule has 1 aromatic rings. The van der Waals surface area contributed by atoms with Gasteiger partial charge in [-0.2, -0.15) is 0 Å². The van der Waals surface area contributed by atoms with E-state index in [1.807, 2.05) is 0 Å². The van der Waals surface area contributed by atoms with E-state index in [-0.39, 0.29) is 24.4 Å². The molecule has 2 N–H and O–H groups in total. The second-order valence-electron chi connectivity index (χ2n) is 4.89. The fourth-order valence-corrected chi connectivity index (χ4v) is 2.09. The first-order chi connectivity index (χ1) is 9.95. The van der Waals surface area contributed by atoms with E-state index in [2.05, 4.69) is 10.6 Å². The van der Waals surface area contributed by atoms with E-state index in [1.165, 1.54) is 6.07 Å². The summed E-state index contributed by atoms with van der Waals surface area (Å²) in [5.41, 5.74) is 0. The van der Waals surface area contributed by atoms with Crippen molar-refractivity contribution in [1.29, 1.82) is 0 Å². The van der Waals surface area contributed by atoms with Gasteiger partial charge in [0, 0.05) is 11.1 Å². The van der Waals surface area contributed by atoms with Gasteiger partial charge in [0.2, 0.25) is 5.91 Å². The molecule has 1 fully saturated rings. The lowest BCUT2D eigenvalue weighted by Gasteiger charge is -2.15. The van der Waals surface area contributed by atoms with Gasteiger partial charge in [-0.05, 0) is 38.0 Å². The first-order valence-corrected chi connectivity index (χ1v) is 7.40. The molecule has 0 radical (unpaired) electrons. The summed E-state index contributed by atoms with van der Waals surface area (Å²) < 4.78 is 5.45. The highest BCUT2D eigenvalue weighted by atomic mass is 35.5. The van der Waals surface area contributed by atoms with Crippen molar-refractivity contribution in [1.82, 2.24) is 10.6 Å². The Hall–Kier alpha value is -1.46. The van der Waals surface area contributed by atoms with Crippen molar-refractivity contribution in [3.63, 3.8) is 0 Å². The monoisotopic (exact) mass is 330 g/mol. The van der Waals surface area contributed by atoms with E-state index in [9.17, 15) is 9.59 Å². The molecule has 0 aliphatic heterocycles. The van der Waals surface area contributed by atoms with Crippen molar-refractivity contribution in [2.75, 3.05) is 6.54 Å². The number of carbonyl (C=O) groups is 2. The number of halogens is 2. The molecule has 0 saturated heterocycles. The van der Waals surface area contributed by atoms with Crippen molar-refractivity contribution in [3.8, 4) is 5.75 Å². The van der Waals surface area contributed by atoms with Crippen LogP contribution in [0.1, 0.15) is 19.8 Å². The Morgan fingerprint density at radius 1 is 1.38 bits per heavy atom. The number of hydrogen-bond acceptors (Lipinski definition) is 3. The zero-order chi connectivity index (χ0) is 15.4. The van der Waals surface area contributed by atoms with Gasteiger partial charge in [0.1, 0.15) is 5.75 Å². The highest BCUT2D eigenvalue weighted by Crippen LogP contribution is 2.28. The zero-order valence-electron chi connectivity index (χ0n) is 11.5. The number of benzene rings is 1. The Morgan fingerprint density at radius 3 is 2.71 bits per heavy atom. The fraction of sp³-hybridized carbons (Fsp3) is 0.429. The van der Waals surface area contributed by atoms with Crippen molar-refractivity contribution >= 4 is 35.0 Å². The molecular formula is C14H16Cl2N2O3. The van der Waals surface area contributed by atoms with Crippen LogP contribution in [0.2, 0.25) is 10.0 Å². The number of amides is 2. The minimum Gasteiger partial charge on any atom is -0.479 e. The third-order valence-corrected chi connectivity index (χ3v) is 3.46. The van der Waals surface area contributed by atoms with Crippen molar-refractivity contribution in [2.45, 2.75) is 31.9 Å². The predicted octanol–water partition coefficient (Wildman–Crippen LogP) is 2.16. The van der Waals surface area contributed by atoms with Gasteiger partial charge in [-0.15, -0.1) is 0 Å². The second kappa shape index (κ2) is 7.00. The maximum atomic E-state index is 11.8. The van der Waals surface area contributed by atoms with E-state index in [4.69, 9.17) is 27.9 Å². The maximum Gasteiger partial charge on any atom is 0.261 e. The van der Waals surface area contributed by atoms with Crippen LogP contribution in [0.5, 0.6) is 5.75 Å². The first kappa shape index (κ1) is 15.9. The molecule has 1 saturated carbocycles. The van der Waals surface area contributed by atoms with E-state index in [1.54, 1.807) is 19.1 Å². The molecule has 7 heteroatoms. The van der Waals surface area contributed by atoms with Gasteiger partial charge in [0.15, 0.2) is 6.10 Å². The number of nitrogens with one attached hydrogen (secondary N) is 2. The molecule has 1 atom stereocenters. The standard InChI is InChI=1S/C14H16Cl2N2O3/c1-8(21-12-5-2-9(15)6-11(12)16)14(20)17-7-13(19)18-10-3-4-10/h2,5-6,8,10H,3-4,7H2,1H3,(H,17,20)(H,18,19). The molecule has 1 unspecified atom stereocenters. The minimum absolute atomic E-state index is 0.0582. The van der Waals surface area contributed by atoms with Gasteiger partial charge < -0.3 is 15.4 Å². The molecule has 0 spiro atoms. The third-order valence-electron chi connectivity index (χ3n) is 2.93. The molecule has 1 aliphatic rings. The Morgan fingerprint density at radius 2 is 2.10 bits per heavy atom. The lowest BCUT2D eigenvalue weighted by atomic mass is 10.3. The predicted molar refractivity (Wildman–Crippen MR) is 80.7 cm³/mol. The van der Waals surface area contributed by atoms with Crippen LogP contribution in [0.4, 0.5) is 0 Å². The molecule has 2 rings (SSSR count). The molecule has 0 bridgehead atoms. The molecule has 21 heavy (non-hydrogen) atoms. The summed E-state index contributed by atoms with van der Waals surface area (Å²) in [4.78, 5) is 23.3. The summed E-state index contributed by atoms with van der Waals surface area (Å²) in [6, 6.07) is 5.02. The van der Waals surface area contributed by atoms with Gasteiger partial charge in [-0.25, -0.2) is 0 Å². The topological polar surface area (TPSA) is 67.4 Å². The van der Waals surface area contributed by atoms with Gasteiger partial charge in [-0.3, -0.25) is 9.59 Å². The van der Waals surface area contributed by atoms with Crippen LogP contribution in [0, 0.1) is 0 Å². The van der Waals surface area contributed by atoms with Crippen LogP contribution in [-0.2, 0) is 9.59 Å². The lowest BCUT2D eigenvalue weighted by molar-refractivity contribution is -0.130. The lowest BCUT2D eigenvalue weighted by Crippen LogP contribution is -2.42. The van der Waals surface area contributed by atoms with Crippen molar-refractivity contribution in [2.24, 2.45) is 0 Å². The Bertz CT molecular complexity index is 547. The van der Waals surface area contributed by atoms with Gasteiger partial charge >= 0.3 is 0 Å². The van der Waals surface area contributed by atoms with Crippen LogP contribution in [0.15, 0.2) is 18.2 Å².